The first-order valence-corrected chi connectivity index (χ1v) is 6.46. The molecule has 2 rings (SSSR count). The van der Waals surface area contributed by atoms with Crippen molar-refractivity contribution in [1.29, 1.82) is 0 Å². The van der Waals surface area contributed by atoms with E-state index in [1.165, 1.54) is 0 Å². The van der Waals surface area contributed by atoms with Gasteiger partial charge in [-0.3, -0.25) is 4.79 Å². The molecule has 96 valence electrons. The molecule has 2 bridgehead atoms. The van der Waals surface area contributed by atoms with E-state index in [0.717, 1.165) is 25.7 Å². The Kier molecular flexibility index (Phi) is 4.18. The molecule has 2 heterocycles. The molecule has 0 aromatic carbocycles. The molecule has 4 atom stereocenters. The normalized spacial score (nSPS) is 35.8. The molecule has 0 aromatic heterocycles. The van der Waals surface area contributed by atoms with E-state index >= 15 is 0 Å². The van der Waals surface area contributed by atoms with Crippen LogP contribution in [0.1, 0.15) is 38.5 Å². The predicted octanol–water partition coefficient (Wildman–Crippen LogP) is 1.69. The van der Waals surface area contributed by atoms with Gasteiger partial charge in [0.15, 0.2) is 0 Å². The Morgan fingerprint density at radius 3 is 2.76 bits per heavy atom. The molecule has 0 radical (unpaired) electrons. The Hall–Kier alpha value is -0.870. The van der Waals surface area contributed by atoms with Crippen LogP contribution in [0.5, 0.6) is 0 Å². The van der Waals surface area contributed by atoms with E-state index in [0.29, 0.717) is 18.4 Å². The first kappa shape index (κ1) is 12.6. The zero-order chi connectivity index (χ0) is 12.3. The SMILES string of the molecule is N[C@@H]1[C@H](C/C=C\CCCC(=O)O)[C@@H]2CC[C@H]1O2. The number of carboxylic acids is 1. The van der Waals surface area contributed by atoms with Gasteiger partial charge in [-0.2, -0.15) is 0 Å². The maximum atomic E-state index is 10.3. The average molecular weight is 239 g/mol. The Bertz CT molecular complexity index is 301. The molecule has 0 unspecified atom stereocenters. The second-order valence-corrected chi connectivity index (χ2v) is 5.02. The van der Waals surface area contributed by atoms with Crippen LogP contribution >= 0.6 is 0 Å². The molecule has 0 saturated carbocycles. The molecule has 4 heteroatoms. The Morgan fingerprint density at radius 1 is 1.35 bits per heavy atom. The molecule has 4 nitrogen and oxygen atoms in total. The third-order valence-electron chi connectivity index (χ3n) is 3.82. The second-order valence-electron chi connectivity index (χ2n) is 5.02. The van der Waals surface area contributed by atoms with E-state index in [9.17, 15) is 4.79 Å². The van der Waals surface area contributed by atoms with E-state index in [1.54, 1.807) is 0 Å². The largest absolute Gasteiger partial charge is 0.481 e. The molecule has 2 saturated heterocycles. The Labute approximate surface area is 102 Å². The van der Waals surface area contributed by atoms with Gasteiger partial charge in [-0.25, -0.2) is 0 Å². The predicted molar refractivity (Wildman–Crippen MR) is 64.6 cm³/mol. The minimum Gasteiger partial charge on any atom is -0.481 e. The summed E-state index contributed by atoms with van der Waals surface area (Å²) in [5, 5.41) is 8.49. The third-order valence-corrected chi connectivity index (χ3v) is 3.82. The van der Waals surface area contributed by atoms with E-state index in [1.807, 2.05) is 0 Å². The maximum Gasteiger partial charge on any atom is 0.303 e. The molecular formula is C13H21NO3. The summed E-state index contributed by atoms with van der Waals surface area (Å²) in [7, 11) is 0. The van der Waals surface area contributed by atoms with Gasteiger partial charge in [-0.05, 0) is 32.1 Å². The van der Waals surface area contributed by atoms with Gasteiger partial charge in [-0.1, -0.05) is 12.2 Å². The van der Waals surface area contributed by atoms with Crippen LogP contribution in [0.3, 0.4) is 0 Å². The van der Waals surface area contributed by atoms with Crippen molar-refractivity contribution in [3.8, 4) is 0 Å². The number of unbranched alkanes of at least 4 members (excludes halogenated alkanes) is 1. The highest BCUT2D eigenvalue weighted by atomic mass is 16.5. The number of nitrogens with two attached hydrogens (primary N) is 1. The molecule has 0 amide bonds. The van der Waals surface area contributed by atoms with Crippen LogP contribution in [0.4, 0.5) is 0 Å². The molecule has 0 aliphatic carbocycles. The van der Waals surface area contributed by atoms with Gasteiger partial charge in [0.1, 0.15) is 0 Å². The number of fused-ring (bicyclic) bond motifs is 2. The third kappa shape index (κ3) is 3.07. The van der Waals surface area contributed by atoms with Crippen molar-refractivity contribution in [2.75, 3.05) is 0 Å². The summed E-state index contributed by atoms with van der Waals surface area (Å²) in [6.45, 7) is 0. The van der Waals surface area contributed by atoms with Gasteiger partial charge >= 0.3 is 5.97 Å². The molecule has 0 spiro atoms. The van der Waals surface area contributed by atoms with Crippen molar-refractivity contribution in [2.24, 2.45) is 11.7 Å². The van der Waals surface area contributed by atoms with Crippen molar-refractivity contribution < 1.29 is 14.6 Å². The molecular weight excluding hydrogens is 218 g/mol. The van der Waals surface area contributed by atoms with E-state index in [-0.39, 0.29) is 18.6 Å². The van der Waals surface area contributed by atoms with Crippen LogP contribution in [0.25, 0.3) is 0 Å². The number of aliphatic carboxylic acids is 1. The topological polar surface area (TPSA) is 72.6 Å². The average Bonchev–Trinajstić information content (AvgIpc) is 2.85. The molecule has 3 N–H and O–H groups in total. The number of hydrogen-bond acceptors (Lipinski definition) is 3. The summed E-state index contributed by atoms with van der Waals surface area (Å²) in [4.78, 5) is 10.3. The van der Waals surface area contributed by atoms with Crippen molar-refractivity contribution >= 4 is 5.97 Å². The first-order chi connectivity index (χ1) is 8.18. The molecule has 17 heavy (non-hydrogen) atoms. The smallest absolute Gasteiger partial charge is 0.303 e. The van der Waals surface area contributed by atoms with Crippen molar-refractivity contribution in [1.82, 2.24) is 0 Å². The summed E-state index contributed by atoms with van der Waals surface area (Å²) in [5.41, 5.74) is 6.11. The fraction of sp³-hybridized carbons (Fsp3) is 0.769. The van der Waals surface area contributed by atoms with Crippen LogP contribution in [-0.2, 0) is 9.53 Å². The lowest BCUT2D eigenvalue weighted by Gasteiger charge is -2.23. The zero-order valence-electron chi connectivity index (χ0n) is 10.0. The highest BCUT2D eigenvalue weighted by molar-refractivity contribution is 5.66. The fourth-order valence-corrected chi connectivity index (χ4v) is 2.86. The van der Waals surface area contributed by atoms with Crippen LogP contribution < -0.4 is 5.73 Å². The van der Waals surface area contributed by atoms with Crippen LogP contribution in [0.15, 0.2) is 12.2 Å². The summed E-state index contributed by atoms with van der Waals surface area (Å²) in [6, 6.07) is 0.192. The van der Waals surface area contributed by atoms with E-state index in [2.05, 4.69) is 12.2 Å². The first-order valence-electron chi connectivity index (χ1n) is 6.46. The number of carbonyl (C=O) groups is 1. The Balaban J connectivity index is 1.65. The molecule has 0 aromatic rings. The number of hydrogen-bond donors (Lipinski definition) is 2. The standard InChI is InChI=1S/C13H21NO3/c14-13-9(10-7-8-11(13)17-10)5-3-1-2-4-6-12(15)16/h1,3,9-11,13H,2,4-8,14H2,(H,15,16)/b3-1-/t9-,10+,11-,13-/m1/s1. The number of allylic oxidation sites excluding steroid dienone is 2. The second kappa shape index (κ2) is 5.65. The number of ether oxygens (including phenoxy) is 1. The van der Waals surface area contributed by atoms with Crippen LogP contribution in [0.2, 0.25) is 0 Å². The number of carboxylic acid groups (broad SMARTS) is 1. The van der Waals surface area contributed by atoms with Gasteiger partial charge in [0.05, 0.1) is 12.2 Å². The van der Waals surface area contributed by atoms with Crippen LogP contribution in [0, 0.1) is 5.92 Å². The summed E-state index contributed by atoms with van der Waals surface area (Å²) < 4.78 is 5.77. The summed E-state index contributed by atoms with van der Waals surface area (Å²) >= 11 is 0. The van der Waals surface area contributed by atoms with Gasteiger partial charge in [-0.15, -0.1) is 0 Å². The lowest BCUT2D eigenvalue weighted by Crippen LogP contribution is -2.39. The van der Waals surface area contributed by atoms with Gasteiger partial charge < -0.3 is 15.6 Å². The van der Waals surface area contributed by atoms with E-state index in [4.69, 9.17) is 15.6 Å². The minimum absolute atomic E-state index is 0.192. The van der Waals surface area contributed by atoms with E-state index < -0.39 is 5.97 Å². The molecule has 2 aliphatic heterocycles. The highest BCUT2D eigenvalue weighted by Crippen LogP contribution is 2.39. The van der Waals surface area contributed by atoms with Crippen molar-refractivity contribution in [3.63, 3.8) is 0 Å². The van der Waals surface area contributed by atoms with Crippen LogP contribution in [-0.4, -0.2) is 29.3 Å². The van der Waals surface area contributed by atoms with Gasteiger partial charge in [0.25, 0.3) is 0 Å². The lowest BCUT2D eigenvalue weighted by atomic mass is 9.83. The summed E-state index contributed by atoms with van der Waals surface area (Å²) in [6.07, 6.45) is 9.88. The highest BCUT2D eigenvalue weighted by Gasteiger charge is 2.46. The molecule has 2 fully saturated rings. The summed E-state index contributed by atoms with van der Waals surface area (Å²) in [5.74, 6) is -0.258. The maximum absolute atomic E-state index is 10.3. The lowest BCUT2D eigenvalue weighted by molar-refractivity contribution is -0.137. The fourth-order valence-electron chi connectivity index (χ4n) is 2.86. The van der Waals surface area contributed by atoms with Gasteiger partial charge in [0, 0.05) is 18.4 Å². The monoisotopic (exact) mass is 239 g/mol. The van der Waals surface area contributed by atoms with Crippen molar-refractivity contribution in [3.05, 3.63) is 12.2 Å². The Morgan fingerprint density at radius 2 is 2.12 bits per heavy atom. The molecule has 2 aliphatic rings. The van der Waals surface area contributed by atoms with Gasteiger partial charge in [0.2, 0.25) is 0 Å². The van der Waals surface area contributed by atoms with Crippen molar-refractivity contribution in [2.45, 2.75) is 56.8 Å². The zero-order valence-corrected chi connectivity index (χ0v) is 10.0. The minimum atomic E-state index is -0.720. The quantitative estimate of drug-likeness (QED) is 0.546. The number of rotatable bonds is 6.